The Balaban J connectivity index is 1.17. The van der Waals surface area contributed by atoms with Crippen molar-refractivity contribution in [3.63, 3.8) is 0 Å². The Bertz CT molecular complexity index is 931. The summed E-state index contributed by atoms with van der Waals surface area (Å²) in [5.74, 6) is 1.56. The zero-order valence-corrected chi connectivity index (χ0v) is 17.2. The van der Waals surface area contributed by atoms with E-state index in [-0.39, 0.29) is 0 Å². The Labute approximate surface area is 173 Å². The predicted octanol–water partition coefficient (Wildman–Crippen LogP) is 3.72. The van der Waals surface area contributed by atoms with Gasteiger partial charge >= 0.3 is 0 Å². The minimum absolute atomic E-state index is 0.653. The van der Waals surface area contributed by atoms with Crippen LogP contribution in [0.25, 0.3) is 10.9 Å². The van der Waals surface area contributed by atoms with Crippen LogP contribution in [0.3, 0.4) is 0 Å². The number of fused-ring (bicyclic) bond motifs is 1. The highest BCUT2D eigenvalue weighted by Gasteiger charge is 2.22. The molecule has 1 fully saturated rings. The quantitative estimate of drug-likeness (QED) is 0.368. The van der Waals surface area contributed by atoms with Gasteiger partial charge in [-0.15, -0.1) is 0 Å². The molecule has 1 aromatic heterocycles. The first-order chi connectivity index (χ1) is 14.3. The standard InChI is InChI=1S/C24H31N5/c1-25-24(26-14-7-15-28-17-13-21-8-5-6-11-23(21)28)27-18-20-12-16-29(19-20)22-9-3-2-4-10-22/h2-6,8-11,13,17,20H,7,12,14-16,18-19H2,1H3,(H2,25,26,27). The van der Waals surface area contributed by atoms with Crippen molar-refractivity contribution in [3.05, 3.63) is 66.9 Å². The lowest BCUT2D eigenvalue weighted by atomic mass is 10.1. The van der Waals surface area contributed by atoms with Crippen molar-refractivity contribution < 1.29 is 0 Å². The van der Waals surface area contributed by atoms with Gasteiger partial charge in [-0.1, -0.05) is 36.4 Å². The second kappa shape index (κ2) is 9.50. The van der Waals surface area contributed by atoms with Gasteiger partial charge < -0.3 is 20.1 Å². The molecule has 1 aliphatic heterocycles. The van der Waals surface area contributed by atoms with E-state index in [0.717, 1.165) is 45.1 Å². The molecule has 5 heteroatoms. The Kier molecular flexibility index (Phi) is 6.35. The summed E-state index contributed by atoms with van der Waals surface area (Å²) < 4.78 is 2.32. The number of aliphatic imine (C=N–C) groups is 1. The average molecular weight is 390 g/mol. The largest absolute Gasteiger partial charge is 0.371 e. The van der Waals surface area contributed by atoms with Crippen LogP contribution in [0.1, 0.15) is 12.8 Å². The molecule has 1 atom stereocenters. The van der Waals surface area contributed by atoms with Crippen LogP contribution in [0, 0.1) is 5.92 Å². The van der Waals surface area contributed by atoms with E-state index >= 15 is 0 Å². The fourth-order valence-electron chi connectivity index (χ4n) is 4.13. The third-order valence-corrected chi connectivity index (χ3v) is 5.74. The average Bonchev–Trinajstić information content (AvgIpc) is 3.41. The van der Waals surface area contributed by atoms with Crippen LogP contribution in [-0.4, -0.2) is 43.8 Å². The van der Waals surface area contributed by atoms with Gasteiger partial charge in [-0.05, 0) is 48.4 Å². The second-order valence-electron chi connectivity index (χ2n) is 7.74. The molecule has 5 nitrogen and oxygen atoms in total. The summed E-state index contributed by atoms with van der Waals surface area (Å²) in [6.07, 6.45) is 4.46. The van der Waals surface area contributed by atoms with Gasteiger partial charge in [0.25, 0.3) is 0 Å². The van der Waals surface area contributed by atoms with Crippen LogP contribution in [0.15, 0.2) is 71.9 Å². The monoisotopic (exact) mass is 389 g/mol. The predicted molar refractivity (Wildman–Crippen MR) is 123 cm³/mol. The van der Waals surface area contributed by atoms with Gasteiger partial charge in [0.05, 0.1) is 0 Å². The van der Waals surface area contributed by atoms with Crippen LogP contribution in [0.2, 0.25) is 0 Å². The Hall–Kier alpha value is -2.95. The molecular weight excluding hydrogens is 358 g/mol. The first-order valence-electron chi connectivity index (χ1n) is 10.6. The number of para-hydroxylation sites is 2. The van der Waals surface area contributed by atoms with E-state index in [1.807, 2.05) is 7.05 Å². The second-order valence-corrected chi connectivity index (χ2v) is 7.74. The van der Waals surface area contributed by atoms with Gasteiger partial charge in [0.15, 0.2) is 5.96 Å². The molecule has 29 heavy (non-hydrogen) atoms. The molecule has 2 aromatic carbocycles. The number of guanidine groups is 1. The number of aryl methyl sites for hydroxylation is 1. The summed E-state index contributed by atoms with van der Waals surface area (Å²) in [6.45, 7) is 5.12. The van der Waals surface area contributed by atoms with Crippen molar-refractivity contribution in [2.75, 3.05) is 38.1 Å². The molecule has 3 aromatic rings. The minimum atomic E-state index is 0.653. The summed E-state index contributed by atoms with van der Waals surface area (Å²) in [6, 6.07) is 21.4. The van der Waals surface area contributed by atoms with Gasteiger partial charge in [0.1, 0.15) is 0 Å². The van der Waals surface area contributed by atoms with Crippen molar-refractivity contribution in [3.8, 4) is 0 Å². The van der Waals surface area contributed by atoms with E-state index < -0.39 is 0 Å². The topological polar surface area (TPSA) is 44.6 Å². The number of benzene rings is 2. The maximum Gasteiger partial charge on any atom is 0.190 e. The number of nitrogens with one attached hydrogen (secondary N) is 2. The SMILES string of the molecule is CN=C(NCCCn1ccc2ccccc21)NCC1CCN(c2ccccc2)C1. The van der Waals surface area contributed by atoms with E-state index in [1.54, 1.807) is 0 Å². The number of rotatable bonds is 7. The lowest BCUT2D eigenvalue weighted by molar-refractivity contribution is 0.562. The molecule has 152 valence electrons. The smallest absolute Gasteiger partial charge is 0.190 e. The fourth-order valence-corrected chi connectivity index (χ4v) is 4.13. The molecule has 0 aliphatic carbocycles. The van der Waals surface area contributed by atoms with Crippen molar-refractivity contribution in [1.29, 1.82) is 0 Å². The first-order valence-corrected chi connectivity index (χ1v) is 10.6. The van der Waals surface area contributed by atoms with E-state index in [9.17, 15) is 0 Å². The summed E-state index contributed by atoms with van der Waals surface area (Å²) in [4.78, 5) is 6.86. The van der Waals surface area contributed by atoms with Crippen LogP contribution >= 0.6 is 0 Å². The maximum absolute atomic E-state index is 4.38. The first kappa shape index (κ1) is 19.4. The lowest BCUT2D eigenvalue weighted by Crippen LogP contribution is -2.40. The lowest BCUT2D eigenvalue weighted by Gasteiger charge is -2.19. The third kappa shape index (κ3) is 4.91. The van der Waals surface area contributed by atoms with Crippen LogP contribution in [0.5, 0.6) is 0 Å². The highest BCUT2D eigenvalue weighted by molar-refractivity contribution is 5.80. The number of nitrogens with zero attached hydrogens (tertiary/aromatic N) is 3. The zero-order valence-electron chi connectivity index (χ0n) is 17.2. The van der Waals surface area contributed by atoms with Gasteiger partial charge in [-0.2, -0.15) is 0 Å². The number of hydrogen-bond acceptors (Lipinski definition) is 2. The van der Waals surface area contributed by atoms with E-state index in [0.29, 0.717) is 5.92 Å². The molecule has 4 rings (SSSR count). The molecule has 2 heterocycles. The number of anilines is 1. The molecule has 1 saturated heterocycles. The highest BCUT2D eigenvalue weighted by atomic mass is 15.2. The summed E-state index contributed by atoms with van der Waals surface area (Å²) in [7, 11) is 1.85. The molecule has 0 amide bonds. The van der Waals surface area contributed by atoms with Crippen LogP contribution in [0.4, 0.5) is 5.69 Å². The zero-order chi connectivity index (χ0) is 19.9. The van der Waals surface area contributed by atoms with Crippen molar-refractivity contribution in [1.82, 2.24) is 15.2 Å². The van der Waals surface area contributed by atoms with Crippen molar-refractivity contribution in [2.45, 2.75) is 19.4 Å². The van der Waals surface area contributed by atoms with Gasteiger partial charge in [-0.25, -0.2) is 0 Å². The Morgan fingerprint density at radius 2 is 1.86 bits per heavy atom. The summed E-state index contributed by atoms with van der Waals surface area (Å²) >= 11 is 0. The molecule has 1 unspecified atom stereocenters. The molecule has 0 spiro atoms. The highest BCUT2D eigenvalue weighted by Crippen LogP contribution is 2.22. The summed E-state index contributed by atoms with van der Waals surface area (Å²) in [5.41, 5.74) is 2.63. The van der Waals surface area contributed by atoms with Gasteiger partial charge in [0, 0.05) is 57.2 Å². The third-order valence-electron chi connectivity index (χ3n) is 5.74. The van der Waals surface area contributed by atoms with E-state index in [2.05, 4.69) is 92.0 Å². The molecule has 0 saturated carbocycles. The van der Waals surface area contributed by atoms with Gasteiger partial charge in [0.2, 0.25) is 0 Å². The molecule has 0 bridgehead atoms. The molecule has 0 radical (unpaired) electrons. The van der Waals surface area contributed by atoms with Crippen molar-refractivity contribution in [2.24, 2.45) is 10.9 Å². The Morgan fingerprint density at radius 1 is 1.03 bits per heavy atom. The number of aromatic nitrogens is 1. The van der Waals surface area contributed by atoms with E-state index in [1.165, 1.54) is 23.0 Å². The molecular formula is C24H31N5. The van der Waals surface area contributed by atoms with E-state index in [4.69, 9.17) is 0 Å². The van der Waals surface area contributed by atoms with Crippen molar-refractivity contribution >= 4 is 22.5 Å². The van der Waals surface area contributed by atoms with Crippen LogP contribution in [-0.2, 0) is 6.54 Å². The molecule has 2 N–H and O–H groups in total. The minimum Gasteiger partial charge on any atom is -0.371 e. The molecule has 1 aliphatic rings. The Morgan fingerprint density at radius 3 is 2.72 bits per heavy atom. The summed E-state index contributed by atoms with van der Waals surface area (Å²) in [5, 5.41) is 8.28. The fraction of sp³-hybridized carbons (Fsp3) is 0.375. The normalized spacial score (nSPS) is 17.1. The van der Waals surface area contributed by atoms with Gasteiger partial charge in [-0.3, -0.25) is 4.99 Å². The van der Waals surface area contributed by atoms with Crippen LogP contribution < -0.4 is 15.5 Å². The number of hydrogen-bond donors (Lipinski definition) is 2. The maximum atomic E-state index is 4.38.